The smallest absolute Gasteiger partial charge is 0.261 e. The van der Waals surface area contributed by atoms with Gasteiger partial charge in [-0.05, 0) is 37.8 Å². The molecule has 0 saturated carbocycles. The van der Waals surface area contributed by atoms with Crippen LogP contribution in [0.25, 0.3) is 0 Å². The summed E-state index contributed by atoms with van der Waals surface area (Å²) < 4.78 is 27.3. The second-order valence-corrected chi connectivity index (χ2v) is 8.67. The lowest BCUT2D eigenvalue weighted by molar-refractivity contribution is -0.122. The maximum atomic E-state index is 13.1. The topological polar surface area (TPSA) is 66.5 Å². The molecule has 1 amide bonds. The van der Waals surface area contributed by atoms with Gasteiger partial charge in [0.05, 0.1) is 4.90 Å². The minimum Gasteiger partial charge on any atom is -0.274 e. The molecule has 0 heterocycles. The highest BCUT2D eigenvalue weighted by atomic mass is 32.2. The number of hydrazine groups is 1. The number of benzene rings is 1. The summed E-state index contributed by atoms with van der Waals surface area (Å²) in [6.45, 7) is 9.28. The van der Waals surface area contributed by atoms with Gasteiger partial charge in [0.2, 0.25) is 5.91 Å². The maximum absolute atomic E-state index is 13.1. The number of hydrogen-bond donors (Lipinski definition) is 1. The number of aryl methyl sites for hydroxylation is 1. The molecule has 1 unspecified atom stereocenters. The third-order valence-corrected chi connectivity index (χ3v) is 5.48. The van der Waals surface area contributed by atoms with Crippen molar-refractivity contribution in [1.82, 2.24) is 9.84 Å². The van der Waals surface area contributed by atoms with E-state index in [0.29, 0.717) is 12.8 Å². The van der Waals surface area contributed by atoms with Crippen molar-refractivity contribution in [2.24, 2.45) is 5.92 Å². The van der Waals surface area contributed by atoms with E-state index < -0.39 is 22.0 Å². The first-order chi connectivity index (χ1) is 12.2. The fraction of sp³-hybridized carbons (Fsp3) is 0.550. The number of unbranched alkanes of at least 4 members (excludes halogenated alkanes) is 2. The molecular formula is C20H30N2O3S. The number of sulfonamides is 1. The van der Waals surface area contributed by atoms with Gasteiger partial charge in [0, 0.05) is 13.3 Å². The minimum absolute atomic E-state index is 0.140. The van der Waals surface area contributed by atoms with E-state index >= 15 is 0 Å². The Morgan fingerprint density at radius 2 is 1.85 bits per heavy atom. The molecule has 26 heavy (non-hydrogen) atoms. The predicted molar refractivity (Wildman–Crippen MR) is 105 cm³/mol. The lowest BCUT2D eigenvalue weighted by Crippen LogP contribution is -2.51. The summed E-state index contributed by atoms with van der Waals surface area (Å²) in [5, 5.41) is 0. The van der Waals surface area contributed by atoms with Crippen molar-refractivity contribution >= 4 is 15.9 Å². The van der Waals surface area contributed by atoms with Gasteiger partial charge < -0.3 is 0 Å². The van der Waals surface area contributed by atoms with E-state index in [0.717, 1.165) is 22.8 Å². The third kappa shape index (κ3) is 6.81. The Morgan fingerprint density at radius 3 is 2.35 bits per heavy atom. The molecule has 0 aliphatic heterocycles. The van der Waals surface area contributed by atoms with Gasteiger partial charge in [-0.3, -0.25) is 10.2 Å². The Balaban J connectivity index is 3.29. The van der Waals surface area contributed by atoms with Crippen LogP contribution in [0.4, 0.5) is 0 Å². The number of carbonyl (C=O) groups excluding carboxylic acids is 1. The number of rotatable bonds is 8. The van der Waals surface area contributed by atoms with Crippen LogP contribution in [0.2, 0.25) is 0 Å². The number of nitrogens with one attached hydrogen (secondary N) is 1. The van der Waals surface area contributed by atoms with E-state index in [1.165, 1.54) is 6.92 Å². The first kappa shape index (κ1) is 22.2. The zero-order valence-corrected chi connectivity index (χ0v) is 17.2. The van der Waals surface area contributed by atoms with Crippen LogP contribution in [0, 0.1) is 24.7 Å². The second-order valence-electron chi connectivity index (χ2n) is 6.85. The summed E-state index contributed by atoms with van der Waals surface area (Å²) in [4.78, 5) is 11.8. The molecule has 1 rings (SSSR count). The van der Waals surface area contributed by atoms with Crippen molar-refractivity contribution in [1.29, 1.82) is 0 Å². The van der Waals surface area contributed by atoms with Crippen LogP contribution in [0.3, 0.4) is 0 Å². The maximum Gasteiger partial charge on any atom is 0.261 e. The zero-order valence-electron chi connectivity index (χ0n) is 16.4. The first-order valence-corrected chi connectivity index (χ1v) is 10.5. The van der Waals surface area contributed by atoms with Crippen LogP contribution in [0.15, 0.2) is 29.2 Å². The molecule has 1 aromatic rings. The van der Waals surface area contributed by atoms with Crippen LogP contribution in [0.1, 0.15) is 58.9 Å². The van der Waals surface area contributed by atoms with Gasteiger partial charge in [-0.2, -0.15) is 0 Å². The van der Waals surface area contributed by atoms with Crippen molar-refractivity contribution < 1.29 is 13.2 Å². The molecule has 0 aliphatic carbocycles. The Kier molecular flexibility index (Phi) is 8.83. The second kappa shape index (κ2) is 10.3. The van der Waals surface area contributed by atoms with Gasteiger partial charge in [0.1, 0.15) is 6.04 Å². The van der Waals surface area contributed by atoms with Crippen LogP contribution in [-0.2, 0) is 14.8 Å². The predicted octanol–water partition coefficient (Wildman–Crippen LogP) is 3.65. The van der Waals surface area contributed by atoms with Gasteiger partial charge in [-0.15, -0.1) is 5.92 Å². The molecule has 0 aliphatic rings. The van der Waals surface area contributed by atoms with E-state index in [9.17, 15) is 13.2 Å². The normalized spacial score (nSPS) is 12.6. The average Bonchev–Trinajstić information content (AvgIpc) is 2.55. The van der Waals surface area contributed by atoms with E-state index in [1.807, 2.05) is 20.8 Å². The molecule has 5 nitrogen and oxygen atoms in total. The molecule has 6 heteroatoms. The molecule has 1 aromatic carbocycles. The van der Waals surface area contributed by atoms with Crippen molar-refractivity contribution in [2.45, 2.75) is 71.2 Å². The van der Waals surface area contributed by atoms with Gasteiger partial charge in [-0.25, -0.2) is 8.42 Å². The van der Waals surface area contributed by atoms with Crippen molar-refractivity contribution in [3.05, 3.63) is 29.8 Å². The molecule has 0 saturated heterocycles. The minimum atomic E-state index is -3.90. The number of nitrogens with zero attached hydrogens (tertiary/aromatic N) is 1. The van der Waals surface area contributed by atoms with Gasteiger partial charge in [0.25, 0.3) is 10.0 Å². The molecule has 1 N–H and O–H groups in total. The molecule has 0 spiro atoms. The van der Waals surface area contributed by atoms with Crippen LogP contribution in [-0.4, -0.2) is 24.8 Å². The highest BCUT2D eigenvalue weighted by molar-refractivity contribution is 7.89. The van der Waals surface area contributed by atoms with E-state index in [4.69, 9.17) is 0 Å². The Bertz CT molecular complexity index is 744. The van der Waals surface area contributed by atoms with Gasteiger partial charge >= 0.3 is 0 Å². The molecule has 0 aromatic heterocycles. The number of carbonyl (C=O) groups is 1. The first-order valence-electron chi connectivity index (χ1n) is 9.05. The fourth-order valence-corrected chi connectivity index (χ4v) is 3.83. The SMILES string of the molecule is CCCCC#CC(CC(C)C)N(NC(C)=O)S(=O)(=O)c1ccc(C)cc1. The molecule has 1 atom stereocenters. The third-order valence-electron chi connectivity index (χ3n) is 3.75. The molecule has 0 fully saturated rings. The van der Waals surface area contributed by atoms with Gasteiger partial charge in [0.15, 0.2) is 0 Å². The Labute approximate surface area is 158 Å². The highest BCUT2D eigenvalue weighted by Crippen LogP contribution is 2.20. The van der Waals surface area contributed by atoms with Crippen molar-refractivity contribution in [3.63, 3.8) is 0 Å². The summed E-state index contributed by atoms with van der Waals surface area (Å²) in [5.41, 5.74) is 3.45. The highest BCUT2D eigenvalue weighted by Gasteiger charge is 2.32. The van der Waals surface area contributed by atoms with E-state index in [1.54, 1.807) is 24.3 Å². The number of amides is 1. The summed E-state index contributed by atoms with van der Waals surface area (Å²) >= 11 is 0. The monoisotopic (exact) mass is 378 g/mol. The number of hydrogen-bond acceptors (Lipinski definition) is 3. The molecular weight excluding hydrogens is 348 g/mol. The summed E-state index contributed by atoms with van der Waals surface area (Å²) in [6.07, 6.45) is 3.24. The van der Waals surface area contributed by atoms with Crippen molar-refractivity contribution in [2.75, 3.05) is 0 Å². The van der Waals surface area contributed by atoms with Crippen LogP contribution in [0.5, 0.6) is 0 Å². The standard InChI is InChI=1S/C20H30N2O3S/c1-6-7-8-9-10-19(15-16(2)3)22(21-18(5)23)26(24,25)20-13-11-17(4)12-14-20/h11-14,16,19H,6-8,15H2,1-5H3,(H,21,23). The average molecular weight is 379 g/mol. The lowest BCUT2D eigenvalue weighted by atomic mass is 10.0. The summed E-state index contributed by atoms with van der Waals surface area (Å²) in [6, 6.07) is 5.97. The Hall–Kier alpha value is -1.84. The summed E-state index contributed by atoms with van der Waals surface area (Å²) in [7, 11) is -3.90. The fourth-order valence-electron chi connectivity index (χ4n) is 2.40. The quantitative estimate of drug-likeness (QED) is 0.427. The van der Waals surface area contributed by atoms with Crippen LogP contribution < -0.4 is 5.43 Å². The largest absolute Gasteiger partial charge is 0.274 e. The van der Waals surface area contributed by atoms with E-state index in [-0.39, 0.29) is 10.8 Å². The van der Waals surface area contributed by atoms with Gasteiger partial charge in [-0.1, -0.05) is 55.2 Å². The molecule has 144 valence electrons. The Morgan fingerprint density at radius 1 is 1.23 bits per heavy atom. The molecule has 0 bridgehead atoms. The van der Waals surface area contributed by atoms with Crippen molar-refractivity contribution in [3.8, 4) is 11.8 Å². The summed E-state index contributed by atoms with van der Waals surface area (Å²) in [5.74, 6) is 5.92. The lowest BCUT2D eigenvalue weighted by Gasteiger charge is -2.28. The zero-order chi connectivity index (χ0) is 19.7. The van der Waals surface area contributed by atoms with E-state index in [2.05, 4.69) is 24.2 Å². The molecule has 0 radical (unpaired) electrons. The van der Waals surface area contributed by atoms with Crippen LogP contribution >= 0.6 is 0 Å².